The van der Waals surface area contributed by atoms with Crippen LogP contribution in [-0.4, -0.2) is 16.5 Å². The molecule has 2 N–H and O–H groups in total. The van der Waals surface area contributed by atoms with Gasteiger partial charge >= 0.3 is 0 Å². The number of hydrogen-bond acceptors (Lipinski definition) is 8. The van der Waals surface area contributed by atoms with Gasteiger partial charge in [0.25, 0.3) is 5.69 Å². The summed E-state index contributed by atoms with van der Waals surface area (Å²) in [6, 6.07) is 9.00. The van der Waals surface area contributed by atoms with Gasteiger partial charge in [0.1, 0.15) is 5.82 Å². The van der Waals surface area contributed by atoms with E-state index < -0.39 is 10.8 Å². The molecule has 2 aromatic rings. The van der Waals surface area contributed by atoms with Crippen LogP contribution in [0, 0.1) is 28.4 Å². The Morgan fingerprint density at radius 1 is 1.32 bits per heavy atom. The van der Waals surface area contributed by atoms with E-state index in [9.17, 15) is 20.2 Å². The van der Waals surface area contributed by atoms with Gasteiger partial charge < -0.3 is 5.73 Å². The van der Waals surface area contributed by atoms with Crippen LogP contribution < -0.4 is 10.6 Å². The van der Waals surface area contributed by atoms with E-state index in [1.165, 1.54) is 17.0 Å². The summed E-state index contributed by atoms with van der Waals surface area (Å²) in [6.45, 7) is 6.02. The highest BCUT2D eigenvalue weighted by Crippen LogP contribution is 2.50. The van der Waals surface area contributed by atoms with Crippen LogP contribution in [0.25, 0.3) is 0 Å². The quantitative estimate of drug-likeness (QED) is 0.300. The highest BCUT2D eigenvalue weighted by Gasteiger charge is 2.42. The fourth-order valence-electron chi connectivity index (χ4n) is 4.68. The third kappa shape index (κ3) is 4.01. The number of carbonyl (C=O) groups excluding carboxylic acids is 1. The molecular formula is C25H26N4O3S2. The van der Waals surface area contributed by atoms with Crippen molar-refractivity contribution in [2.24, 2.45) is 5.73 Å². The predicted molar refractivity (Wildman–Crippen MR) is 136 cm³/mol. The lowest BCUT2D eigenvalue weighted by Crippen LogP contribution is -2.39. The second-order valence-electron chi connectivity index (χ2n) is 8.29. The average molecular weight is 495 g/mol. The van der Waals surface area contributed by atoms with Crippen molar-refractivity contribution in [2.45, 2.75) is 56.6 Å². The van der Waals surface area contributed by atoms with Gasteiger partial charge in [-0.05, 0) is 49.1 Å². The number of non-ortho nitro benzene ring substituents is 1. The van der Waals surface area contributed by atoms with Gasteiger partial charge in [0, 0.05) is 34.7 Å². The van der Waals surface area contributed by atoms with Crippen molar-refractivity contribution in [1.82, 2.24) is 0 Å². The van der Waals surface area contributed by atoms with Gasteiger partial charge in [-0.2, -0.15) is 5.26 Å². The van der Waals surface area contributed by atoms with Gasteiger partial charge in [-0.1, -0.05) is 19.9 Å². The van der Waals surface area contributed by atoms with E-state index in [4.69, 9.17) is 5.73 Å². The third-order valence-corrected chi connectivity index (χ3v) is 8.75. The second-order valence-corrected chi connectivity index (χ2v) is 11.0. The first-order chi connectivity index (χ1) is 16.3. The molecule has 1 atom stereocenters. The summed E-state index contributed by atoms with van der Waals surface area (Å²) in [6.07, 6.45) is 2.57. The molecule has 2 aliphatic rings. The summed E-state index contributed by atoms with van der Waals surface area (Å²) >= 11 is 3.42. The zero-order chi connectivity index (χ0) is 24.6. The van der Waals surface area contributed by atoms with Gasteiger partial charge in [0.15, 0.2) is 5.78 Å². The normalized spacial score (nSPS) is 18.2. The van der Waals surface area contributed by atoms with Crippen molar-refractivity contribution in [2.75, 3.05) is 10.7 Å². The Kier molecular flexibility index (Phi) is 6.82. The molecule has 4 rings (SSSR count). The van der Waals surface area contributed by atoms with Gasteiger partial charge in [-0.15, -0.1) is 23.1 Å². The molecule has 176 valence electrons. The minimum Gasteiger partial charge on any atom is -0.384 e. The van der Waals surface area contributed by atoms with Crippen molar-refractivity contribution in [1.29, 1.82) is 5.26 Å². The number of nitro groups is 1. The number of aryl methyl sites for hydroxylation is 2. The molecule has 0 saturated heterocycles. The van der Waals surface area contributed by atoms with Gasteiger partial charge in [-0.25, -0.2) is 0 Å². The van der Waals surface area contributed by atoms with Crippen LogP contribution in [0.5, 0.6) is 0 Å². The van der Waals surface area contributed by atoms with E-state index in [0.29, 0.717) is 36.1 Å². The van der Waals surface area contributed by atoms with Crippen molar-refractivity contribution in [3.8, 4) is 6.07 Å². The Bertz CT molecular complexity index is 1290. The molecule has 0 fully saturated rings. The maximum absolute atomic E-state index is 13.4. The van der Waals surface area contributed by atoms with Gasteiger partial charge in [0.05, 0.1) is 32.4 Å². The van der Waals surface area contributed by atoms with Crippen molar-refractivity contribution in [3.05, 3.63) is 73.0 Å². The number of nitrogens with zero attached hydrogens (tertiary/aromatic N) is 3. The van der Waals surface area contributed by atoms with E-state index >= 15 is 0 Å². The molecule has 2 heterocycles. The van der Waals surface area contributed by atoms with E-state index in [0.717, 1.165) is 33.2 Å². The monoisotopic (exact) mass is 494 g/mol. The fraction of sp³-hybridized carbons (Fsp3) is 0.360. The highest BCUT2D eigenvalue weighted by atomic mass is 32.2. The van der Waals surface area contributed by atoms with Crippen LogP contribution in [0.2, 0.25) is 0 Å². The Balaban J connectivity index is 2.00. The lowest BCUT2D eigenvalue weighted by Gasteiger charge is -2.40. The van der Waals surface area contributed by atoms with Crippen LogP contribution in [0.4, 0.5) is 11.4 Å². The number of hydrogen-bond donors (Lipinski definition) is 1. The summed E-state index contributed by atoms with van der Waals surface area (Å²) < 4.78 is 1.11. The minimum absolute atomic E-state index is 0.0104. The number of allylic oxidation sites excluding steroid dienone is 3. The molecule has 1 aromatic carbocycles. The number of Topliss-reactive ketones (excluding diaryl/α,β-unsaturated/α-hetero) is 1. The number of thioether (sulfide) groups is 1. The number of nitro benzene ring substituents is 1. The van der Waals surface area contributed by atoms with Crippen molar-refractivity contribution >= 4 is 40.3 Å². The molecule has 9 heteroatoms. The van der Waals surface area contributed by atoms with Gasteiger partial charge in [-0.3, -0.25) is 19.8 Å². The molecule has 0 amide bonds. The largest absolute Gasteiger partial charge is 0.384 e. The summed E-state index contributed by atoms with van der Waals surface area (Å²) in [5, 5.41) is 21.7. The molecule has 1 aromatic heterocycles. The Morgan fingerprint density at radius 3 is 2.74 bits per heavy atom. The number of ketones is 1. The number of benzene rings is 1. The predicted octanol–water partition coefficient (Wildman–Crippen LogP) is 5.94. The lowest BCUT2D eigenvalue weighted by atomic mass is 9.76. The van der Waals surface area contributed by atoms with Crippen LogP contribution in [0.15, 0.2) is 51.1 Å². The first-order valence-electron chi connectivity index (χ1n) is 11.3. The standard InChI is InChI=1S/C25H26N4O3S2/c1-4-16-12-17(25(34-16)33-5-2)22-18(13-26)24(27)28(19-7-6-8-21(30)23(19)22)20-11-15(29(31)32)10-9-14(20)3/h9-12,22H,4-8,27H2,1-3H3/t22-/m1/s1. The summed E-state index contributed by atoms with van der Waals surface area (Å²) in [5.74, 6) is 0.606. The minimum atomic E-state index is -0.520. The van der Waals surface area contributed by atoms with Crippen molar-refractivity contribution in [3.63, 3.8) is 0 Å². The second kappa shape index (κ2) is 9.65. The van der Waals surface area contributed by atoms with Crippen LogP contribution in [0.1, 0.15) is 55.0 Å². The molecule has 0 bridgehead atoms. The maximum Gasteiger partial charge on any atom is 0.271 e. The molecule has 1 aliphatic heterocycles. The molecule has 0 radical (unpaired) electrons. The number of rotatable bonds is 6. The number of thiophene rings is 1. The number of anilines is 1. The fourth-order valence-corrected chi connectivity index (χ4v) is 7.06. The van der Waals surface area contributed by atoms with Crippen LogP contribution in [0.3, 0.4) is 0 Å². The average Bonchev–Trinajstić information content (AvgIpc) is 3.22. The maximum atomic E-state index is 13.4. The Morgan fingerprint density at radius 2 is 2.09 bits per heavy atom. The highest BCUT2D eigenvalue weighted by molar-refractivity contribution is 8.01. The molecule has 7 nitrogen and oxygen atoms in total. The number of nitrogens with two attached hydrogens (primary N) is 1. The molecule has 0 unspecified atom stereocenters. The smallest absolute Gasteiger partial charge is 0.271 e. The lowest BCUT2D eigenvalue weighted by molar-refractivity contribution is -0.384. The summed E-state index contributed by atoms with van der Waals surface area (Å²) in [4.78, 5) is 27.3. The first-order valence-corrected chi connectivity index (χ1v) is 13.1. The number of carbonyl (C=O) groups is 1. The first kappa shape index (κ1) is 24.0. The molecular weight excluding hydrogens is 468 g/mol. The zero-order valence-electron chi connectivity index (χ0n) is 19.4. The summed E-state index contributed by atoms with van der Waals surface area (Å²) in [5.41, 5.74) is 10.5. The summed E-state index contributed by atoms with van der Waals surface area (Å²) in [7, 11) is 0. The van der Waals surface area contributed by atoms with Crippen LogP contribution in [-0.2, 0) is 11.2 Å². The third-order valence-electron chi connectivity index (χ3n) is 6.27. The topological polar surface area (TPSA) is 113 Å². The van der Waals surface area contributed by atoms with Crippen LogP contribution >= 0.6 is 23.1 Å². The molecule has 1 aliphatic carbocycles. The van der Waals surface area contributed by atoms with E-state index in [1.54, 1.807) is 34.1 Å². The number of nitriles is 1. The Labute approximate surface area is 207 Å². The van der Waals surface area contributed by atoms with E-state index in [2.05, 4.69) is 26.0 Å². The molecule has 0 spiro atoms. The van der Waals surface area contributed by atoms with E-state index in [1.807, 2.05) is 6.92 Å². The molecule has 0 saturated carbocycles. The zero-order valence-corrected chi connectivity index (χ0v) is 21.0. The molecule has 34 heavy (non-hydrogen) atoms. The van der Waals surface area contributed by atoms with E-state index in [-0.39, 0.29) is 17.3 Å². The van der Waals surface area contributed by atoms with Gasteiger partial charge in [0.2, 0.25) is 0 Å². The Hall–Kier alpha value is -3.09. The van der Waals surface area contributed by atoms with Crippen molar-refractivity contribution < 1.29 is 9.72 Å². The SMILES string of the molecule is CCSc1sc(CC)cc1[C@@H]1C(C#N)=C(N)N(c2cc([N+](=O)[O-])ccc2C)C2=C1C(=O)CCC2.